The molecule has 1 aliphatic heterocycles. The lowest BCUT2D eigenvalue weighted by molar-refractivity contribution is -0.177. The van der Waals surface area contributed by atoms with Gasteiger partial charge in [0, 0.05) is 12.8 Å². The highest BCUT2D eigenvalue weighted by molar-refractivity contribution is 5.97. The van der Waals surface area contributed by atoms with Crippen LogP contribution in [0.4, 0.5) is 0 Å². The van der Waals surface area contributed by atoms with Gasteiger partial charge in [-0.3, -0.25) is 9.59 Å². The van der Waals surface area contributed by atoms with Gasteiger partial charge >= 0.3 is 0 Å². The monoisotopic (exact) mass is 286 g/mol. The van der Waals surface area contributed by atoms with Gasteiger partial charge in [0.25, 0.3) is 0 Å². The van der Waals surface area contributed by atoms with E-state index in [1.807, 2.05) is 13.8 Å². The lowest BCUT2D eigenvalue weighted by Crippen LogP contribution is -2.44. The molecule has 4 nitrogen and oxygen atoms in total. The second-order valence-electron chi connectivity index (χ2n) is 7.62. The quantitative estimate of drug-likeness (QED) is 0.684. The van der Waals surface area contributed by atoms with Gasteiger partial charge in [-0.15, -0.1) is 0 Å². The highest BCUT2D eigenvalue weighted by Crippen LogP contribution is 2.71. The van der Waals surface area contributed by atoms with Crippen molar-refractivity contribution in [3.63, 3.8) is 0 Å². The molecule has 0 unspecified atom stereocenters. The molecule has 0 N–H and O–H groups in total. The largest absolute Gasteiger partial charge is 0.340 e. The van der Waals surface area contributed by atoms with Gasteiger partial charge in [0.2, 0.25) is 0 Å². The molecule has 0 aromatic rings. The molecule has 110 valence electrons. The maximum Gasteiger partial charge on any atom is 0.165 e. The van der Waals surface area contributed by atoms with Crippen molar-refractivity contribution in [2.24, 2.45) is 11.8 Å². The van der Waals surface area contributed by atoms with E-state index in [9.17, 15) is 9.59 Å². The summed E-state index contributed by atoms with van der Waals surface area (Å²) in [6.07, 6.45) is 6.36. The fourth-order valence-electron chi connectivity index (χ4n) is 5.63. The van der Waals surface area contributed by atoms with Crippen LogP contribution in [0.5, 0.6) is 0 Å². The van der Waals surface area contributed by atoms with Crippen LogP contribution in [0.25, 0.3) is 0 Å². The van der Waals surface area contributed by atoms with Gasteiger partial charge in [-0.2, -0.15) is 0 Å². The van der Waals surface area contributed by atoms with E-state index in [4.69, 9.17) is 9.47 Å². The Kier molecular flexibility index (Phi) is 1.89. The average molecular weight is 286 g/mol. The maximum atomic E-state index is 11.9. The van der Waals surface area contributed by atoms with Crippen LogP contribution in [-0.4, -0.2) is 28.6 Å². The Morgan fingerprint density at radius 3 is 2.00 bits per heavy atom. The average Bonchev–Trinajstić information content (AvgIpc) is 3.00. The van der Waals surface area contributed by atoms with Gasteiger partial charge in [-0.05, 0) is 61.8 Å². The minimum Gasteiger partial charge on any atom is -0.340 e. The van der Waals surface area contributed by atoms with Gasteiger partial charge in [0.1, 0.15) is 11.2 Å². The maximum absolute atomic E-state index is 11.9. The SMILES string of the molecule is CC1(C)OC23C[C@H]4CC(=O)C=C4C2(O1)C1=CC(=O)C[C@@H]1C3. The number of carbonyl (C=O) groups excluding carboxylic acids is 2. The van der Waals surface area contributed by atoms with Crippen molar-refractivity contribution < 1.29 is 19.1 Å². The molecule has 0 bridgehead atoms. The third-order valence-corrected chi connectivity index (χ3v) is 5.85. The van der Waals surface area contributed by atoms with Gasteiger partial charge in [-0.25, -0.2) is 0 Å². The summed E-state index contributed by atoms with van der Waals surface area (Å²) in [6, 6.07) is 0. The smallest absolute Gasteiger partial charge is 0.165 e. The van der Waals surface area contributed by atoms with Crippen molar-refractivity contribution in [1.82, 2.24) is 0 Å². The molecule has 0 aromatic heterocycles. The minimum atomic E-state index is -0.672. The summed E-state index contributed by atoms with van der Waals surface area (Å²) in [5.41, 5.74) is 1.12. The predicted molar refractivity (Wildman–Crippen MR) is 73.3 cm³/mol. The third kappa shape index (κ3) is 1.22. The Balaban J connectivity index is 1.78. The van der Waals surface area contributed by atoms with Crippen molar-refractivity contribution in [2.75, 3.05) is 0 Å². The number of rotatable bonds is 0. The van der Waals surface area contributed by atoms with Crippen molar-refractivity contribution in [3.8, 4) is 0 Å². The third-order valence-electron chi connectivity index (χ3n) is 5.85. The van der Waals surface area contributed by atoms with E-state index < -0.39 is 11.4 Å². The van der Waals surface area contributed by atoms with E-state index in [2.05, 4.69) is 0 Å². The number of hydrogen-bond donors (Lipinski definition) is 0. The lowest BCUT2D eigenvalue weighted by atomic mass is 9.84. The summed E-state index contributed by atoms with van der Waals surface area (Å²) in [5, 5.41) is 0. The van der Waals surface area contributed by atoms with E-state index in [-0.39, 0.29) is 29.0 Å². The first-order chi connectivity index (χ1) is 9.85. The van der Waals surface area contributed by atoms with Gasteiger partial charge in [0.15, 0.2) is 17.4 Å². The van der Waals surface area contributed by atoms with Crippen LogP contribution in [0.3, 0.4) is 0 Å². The molecule has 4 heteroatoms. The van der Waals surface area contributed by atoms with Crippen LogP contribution in [0.15, 0.2) is 23.3 Å². The molecule has 1 saturated heterocycles. The summed E-state index contributed by atoms with van der Waals surface area (Å²) in [6.45, 7) is 3.86. The molecule has 1 heterocycles. The normalized spacial score (nSPS) is 48.9. The first-order valence-corrected chi connectivity index (χ1v) is 7.75. The molecule has 5 rings (SSSR count). The van der Waals surface area contributed by atoms with Gasteiger partial charge < -0.3 is 9.47 Å². The van der Waals surface area contributed by atoms with Crippen molar-refractivity contribution in [1.29, 1.82) is 0 Å². The Hall–Kier alpha value is -1.26. The fraction of sp³-hybridized carbons (Fsp3) is 0.647. The van der Waals surface area contributed by atoms with Gasteiger partial charge in [0.05, 0.1) is 0 Å². The number of allylic oxidation sites excluding steroid dienone is 2. The number of fused-ring (bicyclic) bond motifs is 2. The van der Waals surface area contributed by atoms with E-state index in [1.54, 1.807) is 12.2 Å². The zero-order chi connectivity index (χ0) is 14.6. The molecular weight excluding hydrogens is 268 g/mol. The Morgan fingerprint density at radius 2 is 1.48 bits per heavy atom. The molecular formula is C17H18O4. The minimum absolute atomic E-state index is 0.180. The zero-order valence-electron chi connectivity index (χ0n) is 12.3. The molecule has 2 atom stereocenters. The first kappa shape index (κ1) is 12.3. The summed E-state index contributed by atoms with van der Waals surface area (Å²) < 4.78 is 12.8. The number of ketones is 2. The van der Waals surface area contributed by atoms with E-state index in [0.29, 0.717) is 12.8 Å². The topological polar surface area (TPSA) is 52.6 Å². The number of ether oxygens (including phenoxy) is 2. The molecule has 5 aliphatic rings. The van der Waals surface area contributed by atoms with Crippen molar-refractivity contribution >= 4 is 11.6 Å². The first-order valence-electron chi connectivity index (χ1n) is 7.75. The predicted octanol–water partition coefficient (Wildman–Crippen LogP) is 2.09. The molecule has 4 aliphatic carbocycles. The summed E-state index contributed by atoms with van der Waals surface area (Å²) in [7, 11) is 0. The van der Waals surface area contributed by atoms with Crippen LogP contribution in [0.1, 0.15) is 39.5 Å². The molecule has 3 fully saturated rings. The summed E-state index contributed by atoms with van der Waals surface area (Å²) in [4.78, 5) is 23.8. The Bertz CT molecular complexity index is 624. The van der Waals surface area contributed by atoms with E-state index in [0.717, 1.165) is 24.0 Å². The summed E-state index contributed by atoms with van der Waals surface area (Å²) in [5.74, 6) is 0.145. The van der Waals surface area contributed by atoms with Crippen LogP contribution in [0, 0.1) is 11.8 Å². The zero-order valence-corrected chi connectivity index (χ0v) is 12.3. The van der Waals surface area contributed by atoms with E-state index >= 15 is 0 Å². The number of carbonyl (C=O) groups is 2. The highest BCUT2D eigenvalue weighted by Gasteiger charge is 2.77. The lowest BCUT2D eigenvalue weighted by Gasteiger charge is -2.32. The van der Waals surface area contributed by atoms with Crippen LogP contribution >= 0.6 is 0 Å². The second-order valence-corrected chi connectivity index (χ2v) is 7.62. The number of hydrogen-bond acceptors (Lipinski definition) is 4. The van der Waals surface area contributed by atoms with Crippen molar-refractivity contribution in [2.45, 2.75) is 56.5 Å². The van der Waals surface area contributed by atoms with Crippen LogP contribution in [0.2, 0.25) is 0 Å². The van der Waals surface area contributed by atoms with Gasteiger partial charge in [-0.1, -0.05) is 0 Å². The standard InChI is InChI=1S/C17H18O4/c1-15(2)20-16-7-9-3-11(18)5-13(9)17(16,21-15)14-6-12(19)4-10(14)8-16/h5-6,9-10H,3-4,7-8H2,1-2H3/t9-,10-,16?,17?/m1/s1. The fourth-order valence-corrected chi connectivity index (χ4v) is 5.63. The Labute approximate surface area is 123 Å². The van der Waals surface area contributed by atoms with E-state index in [1.165, 1.54) is 0 Å². The molecule has 0 amide bonds. The van der Waals surface area contributed by atoms with Crippen molar-refractivity contribution in [3.05, 3.63) is 23.3 Å². The molecule has 0 radical (unpaired) electrons. The van der Waals surface area contributed by atoms with Crippen LogP contribution in [-0.2, 0) is 19.1 Å². The van der Waals surface area contributed by atoms with Crippen LogP contribution < -0.4 is 0 Å². The Morgan fingerprint density at radius 1 is 0.952 bits per heavy atom. The molecule has 21 heavy (non-hydrogen) atoms. The molecule has 0 aromatic carbocycles. The molecule has 0 spiro atoms. The second kappa shape index (κ2) is 3.23. The highest BCUT2D eigenvalue weighted by atomic mass is 16.8. The molecule has 2 saturated carbocycles. The summed E-state index contributed by atoms with van der Waals surface area (Å²) >= 11 is 0.